The van der Waals surface area contributed by atoms with Crippen LogP contribution >= 0.6 is 11.6 Å². The average Bonchev–Trinajstić information content (AvgIpc) is 2.65. The number of carbonyl (C=O) groups is 1. The molecule has 1 amide bonds. The van der Waals surface area contributed by atoms with Gasteiger partial charge in [-0.3, -0.25) is 4.79 Å². The fourth-order valence-corrected chi connectivity index (χ4v) is 1.68. The largest absolute Gasteiger partial charge is 0.469 e. The number of methoxy groups -OCH3 is 1. The molecule has 0 bridgehead atoms. The lowest BCUT2D eigenvalue weighted by Gasteiger charge is -2.16. The Hall–Kier alpha value is -1.00. The zero-order chi connectivity index (χ0) is 12.0. The predicted molar refractivity (Wildman–Crippen MR) is 61.9 cm³/mol. The minimum atomic E-state index is -0.154. The molecule has 0 aliphatic rings. The second kappa shape index (κ2) is 6.55. The second-order valence-electron chi connectivity index (χ2n) is 3.49. The molecule has 16 heavy (non-hydrogen) atoms. The number of aryl methyl sites for hydroxylation is 1. The molecule has 5 heteroatoms. The van der Waals surface area contributed by atoms with Crippen LogP contribution in [-0.4, -0.2) is 31.5 Å². The zero-order valence-electron chi connectivity index (χ0n) is 9.46. The van der Waals surface area contributed by atoms with Crippen molar-refractivity contribution in [3.8, 4) is 0 Å². The van der Waals surface area contributed by atoms with Gasteiger partial charge in [0.05, 0.1) is 24.5 Å². The van der Waals surface area contributed by atoms with Gasteiger partial charge < -0.3 is 14.5 Å². The van der Waals surface area contributed by atoms with Crippen LogP contribution in [0.25, 0.3) is 0 Å². The Morgan fingerprint density at radius 3 is 2.94 bits per heavy atom. The topological polar surface area (TPSA) is 51.5 Å². The molecule has 1 heterocycles. The summed E-state index contributed by atoms with van der Waals surface area (Å²) in [6.45, 7) is 2.21. The summed E-state index contributed by atoms with van der Waals surface area (Å²) < 4.78 is 10.1. The molecule has 4 nitrogen and oxygen atoms in total. The first-order chi connectivity index (χ1) is 7.69. The Kier molecular flexibility index (Phi) is 5.35. The SMILES string of the molecule is COCC(CCCl)NC(=O)c1ccoc1C. The highest BCUT2D eigenvalue weighted by atomic mass is 35.5. The van der Waals surface area contributed by atoms with Crippen LogP contribution in [0.1, 0.15) is 22.5 Å². The predicted octanol–water partition coefficient (Wildman–Crippen LogP) is 1.96. The Bertz CT molecular complexity index is 332. The van der Waals surface area contributed by atoms with Crippen LogP contribution in [0, 0.1) is 6.92 Å². The first-order valence-corrected chi connectivity index (χ1v) is 5.62. The average molecular weight is 246 g/mol. The van der Waals surface area contributed by atoms with Crippen molar-refractivity contribution in [1.82, 2.24) is 5.32 Å². The summed E-state index contributed by atoms with van der Waals surface area (Å²) in [7, 11) is 1.59. The summed E-state index contributed by atoms with van der Waals surface area (Å²) in [4.78, 5) is 11.8. The number of alkyl halides is 1. The maximum atomic E-state index is 11.8. The highest BCUT2D eigenvalue weighted by Crippen LogP contribution is 2.09. The van der Waals surface area contributed by atoms with Gasteiger partial charge in [0.15, 0.2) is 0 Å². The number of furan rings is 1. The van der Waals surface area contributed by atoms with Crippen molar-refractivity contribution in [2.45, 2.75) is 19.4 Å². The molecule has 1 N–H and O–H groups in total. The highest BCUT2D eigenvalue weighted by Gasteiger charge is 2.16. The Labute approximate surface area is 99.9 Å². The summed E-state index contributed by atoms with van der Waals surface area (Å²) in [5.41, 5.74) is 0.552. The van der Waals surface area contributed by atoms with E-state index in [1.165, 1.54) is 6.26 Å². The number of hydrogen-bond acceptors (Lipinski definition) is 3. The standard InChI is InChI=1S/C11H16ClNO3/c1-8-10(4-6-16-8)11(14)13-9(3-5-12)7-15-2/h4,6,9H,3,5,7H2,1-2H3,(H,13,14). The van der Waals surface area contributed by atoms with Crippen LogP contribution in [0.15, 0.2) is 16.7 Å². The molecule has 90 valence electrons. The van der Waals surface area contributed by atoms with Gasteiger partial charge in [-0.2, -0.15) is 0 Å². The van der Waals surface area contributed by atoms with E-state index in [0.717, 1.165) is 0 Å². The van der Waals surface area contributed by atoms with E-state index in [2.05, 4.69) is 5.32 Å². The quantitative estimate of drug-likeness (QED) is 0.780. The van der Waals surface area contributed by atoms with Crippen LogP contribution < -0.4 is 5.32 Å². The van der Waals surface area contributed by atoms with Gasteiger partial charge in [-0.05, 0) is 19.4 Å². The van der Waals surface area contributed by atoms with Crippen LogP contribution in [0.4, 0.5) is 0 Å². The van der Waals surface area contributed by atoms with E-state index in [4.69, 9.17) is 20.8 Å². The molecular weight excluding hydrogens is 230 g/mol. The van der Waals surface area contributed by atoms with Crippen molar-refractivity contribution in [1.29, 1.82) is 0 Å². The summed E-state index contributed by atoms with van der Waals surface area (Å²) in [5, 5.41) is 2.85. The lowest BCUT2D eigenvalue weighted by atomic mass is 10.2. The van der Waals surface area contributed by atoms with Crippen LogP contribution in [0.5, 0.6) is 0 Å². The van der Waals surface area contributed by atoms with E-state index < -0.39 is 0 Å². The first-order valence-electron chi connectivity index (χ1n) is 5.09. The Morgan fingerprint density at radius 2 is 2.44 bits per heavy atom. The minimum absolute atomic E-state index is 0.0655. The van der Waals surface area contributed by atoms with E-state index in [1.807, 2.05) is 0 Å². The highest BCUT2D eigenvalue weighted by molar-refractivity contribution is 6.17. The molecule has 1 atom stereocenters. The van der Waals surface area contributed by atoms with Crippen molar-refractivity contribution in [3.63, 3.8) is 0 Å². The fourth-order valence-electron chi connectivity index (χ4n) is 1.41. The normalized spacial score (nSPS) is 12.4. The van der Waals surface area contributed by atoms with Gasteiger partial charge in [0.1, 0.15) is 5.76 Å². The zero-order valence-corrected chi connectivity index (χ0v) is 10.2. The number of carbonyl (C=O) groups excluding carboxylic acids is 1. The van der Waals surface area contributed by atoms with Gasteiger partial charge in [0.25, 0.3) is 5.91 Å². The van der Waals surface area contributed by atoms with Crippen LogP contribution in [-0.2, 0) is 4.74 Å². The number of amides is 1. The smallest absolute Gasteiger partial charge is 0.255 e. The molecule has 0 radical (unpaired) electrons. The number of rotatable bonds is 6. The molecular formula is C11H16ClNO3. The Morgan fingerprint density at radius 1 is 1.69 bits per heavy atom. The number of halogens is 1. The number of hydrogen-bond donors (Lipinski definition) is 1. The molecule has 0 aliphatic carbocycles. The van der Waals surface area contributed by atoms with Gasteiger partial charge >= 0.3 is 0 Å². The molecule has 1 aromatic heterocycles. The summed E-state index contributed by atoms with van der Waals surface area (Å²) in [6, 6.07) is 1.58. The third-order valence-electron chi connectivity index (χ3n) is 2.26. The third-order valence-corrected chi connectivity index (χ3v) is 2.48. The van der Waals surface area contributed by atoms with Gasteiger partial charge in [-0.15, -0.1) is 11.6 Å². The van der Waals surface area contributed by atoms with E-state index in [0.29, 0.717) is 30.2 Å². The summed E-state index contributed by atoms with van der Waals surface area (Å²) in [6.07, 6.45) is 2.18. The van der Waals surface area contributed by atoms with Gasteiger partial charge in [-0.1, -0.05) is 0 Å². The van der Waals surface area contributed by atoms with Crippen molar-refractivity contribution >= 4 is 17.5 Å². The van der Waals surface area contributed by atoms with Crippen LogP contribution in [0.2, 0.25) is 0 Å². The van der Waals surface area contributed by atoms with E-state index in [1.54, 1.807) is 20.1 Å². The Balaban J connectivity index is 2.58. The van der Waals surface area contributed by atoms with Crippen molar-refractivity contribution in [2.75, 3.05) is 19.6 Å². The molecule has 0 saturated carbocycles. The van der Waals surface area contributed by atoms with Crippen molar-refractivity contribution in [3.05, 3.63) is 23.7 Å². The monoisotopic (exact) mass is 245 g/mol. The second-order valence-corrected chi connectivity index (χ2v) is 3.87. The van der Waals surface area contributed by atoms with E-state index in [-0.39, 0.29) is 11.9 Å². The molecule has 0 fully saturated rings. The van der Waals surface area contributed by atoms with Crippen molar-refractivity contribution < 1.29 is 13.9 Å². The van der Waals surface area contributed by atoms with Gasteiger partial charge in [0, 0.05) is 13.0 Å². The molecule has 0 saturated heterocycles. The maximum absolute atomic E-state index is 11.8. The lowest BCUT2D eigenvalue weighted by molar-refractivity contribution is 0.0893. The third kappa shape index (κ3) is 3.54. The van der Waals surface area contributed by atoms with Gasteiger partial charge in [-0.25, -0.2) is 0 Å². The molecule has 0 aromatic carbocycles. The van der Waals surface area contributed by atoms with Crippen molar-refractivity contribution in [2.24, 2.45) is 0 Å². The maximum Gasteiger partial charge on any atom is 0.255 e. The number of ether oxygens (including phenoxy) is 1. The summed E-state index contributed by atoms with van der Waals surface area (Å²) in [5.74, 6) is 0.941. The molecule has 0 aliphatic heterocycles. The van der Waals surface area contributed by atoms with Crippen LogP contribution in [0.3, 0.4) is 0 Å². The summed E-state index contributed by atoms with van der Waals surface area (Å²) >= 11 is 5.65. The van der Waals surface area contributed by atoms with E-state index in [9.17, 15) is 4.79 Å². The lowest BCUT2D eigenvalue weighted by Crippen LogP contribution is -2.38. The minimum Gasteiger partial charge on any atom is -0.469 e. The van der Waals surface area contributed by atoms with Gasteiger partial charge in [0.2, 0.25) is 0 Å². The van der Waals surface area contributed by atoms with E-state index >= 15 is 0 Å². The molecule has 1 rings (SSSR count). The number of nitrogens with one attached hydrogen (secondary N) is 1. The fraction of sp³-hybridized carbons (Fsp3) is 0.545. The first kappa shape index (κ1) is 13.1. The molecule has 1 aromatic rings. The molecule has 0 spiro atoms. The molecule has 1 unspecified atom stereocenters.